The zero-order valence-electron chi connectivity index (χ0n) is 14.4. The quantitative estimate of drug-likeness (QED) is 0.725. The Bertz CT molecular complexity index is 910. The molecule has 0 saturated carbocycles. The van der Waals surface area contributed by atoms with Gasteiger partial charge in [0.2, 0.25) is 0 Å². The van der Waals surface area contributed by atoms with Crippen LogP contribution in [0, 0.1) is 6.92 Å². The van der Waals surface area contributed by atoms with Gasteiger partial charge in [-0.1, -0.05) is 6.07 Å². The Morgan fingerprint density at radius 2 is 2.04 bits per heavy atom. The number of hydrogen-bond donors (Lipinski definition) is 0. The first-order valence-electron chi connectivity index (χ1n) is 8.49. The lowest BCUT2D eigenvalue weighted by atomic mass is 10.1. The lowest BCUT2D eigenvalue weighted by Crippen LogP contribution is -2.42. The third-order valence-corrected chi connectivity index (χ3v) is 4.46. The molecule has 132 valence electrons. The van der Waals surface area contributed by atoms with Crippen molar-refractivity contribution in [2.24, 2.45) is 0 Å². The molecule has 1 saturated heterocycles. The van der Waals surface area contributed by atoms with E-state index < -0.39 is 0 Å². The van der Waals surface area contributed by atoms with E-state index in [2.05, 4.69) is 15.2 Å². The summed E-state index contributed by atoms with van der Waals surface area (Å²) < 4.78 is 7.65. The Labute approximate surface area is 151 Å². The fourth-order valence-electron chi connectivity index (χ4n) is 3.12. The average Bonchev–Trinajstić information content (AvgIpc) is 3.22. The molecule has 4 rings (SSSR count). The Kier molecular flexibility index (Phi) is 4.45. The summed E-state index contributed by atoms with van der Waals surface area (Å²) in [5, 5.41) is 7.62. The highest BCUT2D eigenvalue weighted by Gasteiger charge is 2.26. The van der Waals surface area contributed by atoms with Crippen molar-refractivity contribution < 1.29 is 9.53 Å². The third-order valence-electron chi connectivity index (χ3n) is 4.46. The van der Waals surface area contributed by atoms with Crippen molar-refractivity contribution in [1.29, 1.82) is 0 Å². The maximum absolute atomic E-state index is 13.0. The molecule has 0 unspecified atom stereocenters. The molecule has 0 radical (unpaired) electrons. The molecule has 1 aromatic carbocycles. The normalized spacial score (nSPS) is 17.3. The second-order valence-electron chi connectivity index (χ2n) is 6.26. The molecule has 1 atom stereocenters. The summed E-state index contributed by atoms with van der Waals surface area (Å²) in [6.07, 6.45) is 4.87. The molecule has 0 bridgehead atoms. The fourth-order valence-corrected chi connectivity index (χ4v) is 3.12. The van der Waals surface area contributed by atoms with E-state index in [1.54, 1.807) is 23.4 Å². The van der Waals surface area contributed by atoms with E-state index >= 15 is 0 Å². The van der Waals surface area contributed by atoms with Gasteiger partial charge in [-0.3, -0.25) is 14.3 Å². The summed E-state index contributed by atoms with van der Waals surface area (Å²) in [5.41, 5.74) is 3.49. The minimum absolute atomic E-state index is 0.000924. The van der Waals surface area contributed by atoms with Gasteiger partial charge >= 0.3 is 0 Å². The van der Waals surface area contributed by atoms with E-state index in [-0.39, 0.29) is 12.0 Å². The second kappa shape index (κ2) is 7.05. The molecule has 1 aliphatic heterocycles. The number of ether oxygens (including phenoxy) is 1. The number of morpholine rings is 1. The number of pyridine rings is 1. The van der Waals surface area contributed by atoms with Crippen molar-refractivity contribution in [3.8, 4) is 5.69 Å². The molecule has 0 spiro atoms. The highest BCUT2D eigenvalue weighted by Crippen LogP contribution is 2.24. The van der Waals surface area contributed by atoms with Crippen molar-refractivity contribution >= 4 is 5.91 Å². The van der Waals surface area contributed by atoms with E-state index in [4.69, 9.17) is 4.74 Å². The van der Waals surface area contributed by atoms with Crippen LogP contribution >= 0.6 is 0 Å². The van der Waals surface area contributed by atoms with Gasteiger partial charge in [-0.25, -0.2) is 0 Å². The third kappa shape index (κ3) is 3.34. The zero-order valence-corrected chi connectivity index (χ0v) is 14.4. The van der Waals surface area contributed by atoms with Crippen molar-refractivity contribution in [3.63, 3.8) is 0 Å². The van der Waals surface area contributed by atoms with Crippen molar-refractivity contribution in [1.82, 2.24) is 24.6 Å². The summed E-state index contributed by atoms with van der Waals surface area (Å²) in [6, 6.07) is 11.4. The number of nitrogens with zero attached hydrogens (tertiary/aromatic N) is 5. The molecule has 1 amide bonds. The van der Waals surface area contributed by atoms with Gasteiger partial charge in [0.05, 0.1) is 13.2 Å². The van der Waals surface area contributed by atoms with Crippen LogP contribution in [0.1, 0.15) is 27.7 Å². The van der Waals surface area contributed by atoms with Gasteiger partial charge in [0.15, 0.2) is 0 Å². The van der Waals surface area contributed by atoms with Crippen LogP contribution in [0.3, 0.4) is 0 Å². The highest BCUT2D eigenvalue weighted by atomic mass is 16.5. The first-order valence-corrected chi connectivity index (χ1v) is 8.49. The van der Waals surface area contributed by atoms with E-state index in [0.29, 0.717) is 25.3 Å². The maximum Gasteiger partial charge on any atom is 0.254 e. The van der Waals surface area contributed by atoms with Gasteiger partial charge in [0, 0.05) is 29.7 Å². The van der Waals surface area contributed by atoms with E-state index in [0.717, 1.165) is 16.9 Å². The Balaban J connectivity index is 1.54. The first-order chi connectivity index (χ1) is 12.7. The van der Waals surface area contributed by atoms with Gasteiger partial charge < -0.3 is 9.64 Å². The van der Waals surface area contributed by atoms with Crippen LogP contribution in [0.4, 0.5) is 0 Å². The zero-order chi connectivity index (χ0) is 17.9. The lowest BCUT2D eigenvalue weighted by Gasteiger charge is -2.33. The summed E-state index contributed by atoms with van der Waals surface area (Å²) >= 11 is 0. The van der Waals surface area contributed by atoms with Gasteiger partial charge in [0.25, 0.3) is 5.91 Å². The van der Waals surface area contributed by atoms with Crippen molar-refractivity contribution in [2.45, 2.75) is 13.0 Å². The Morgan fingerprint density at radius 3 is 2.85 bits per heavy atom. The number of carbonyl (C=O) groups excluding carboxylic acids is 1. The monoisotopic (exact) mass is 349 g/mol. The van der Waals surface area contributed by atoms with Crippen molar-refractivity contribution in [2.75, 3.05) is 19.7 Å². The standard InChI is InChI=1S/C19H19N5O2/c1-14-9-15(5-6-20-14)18-11-23(7-8-26-18)19(25)16-3-2-4-17(10-16)24-12-21-22-13-24/h2-6,9-10,12-13,18H,7-8,11H2,1H3/t18-/m0/s1. The van der Waals surface area contributed by atoms with Crippen LogP contribution in [0.15, 0.2) is 55.2 Å². The van der Waals surface area contributed by atoms with Crippen molar-refractivity contribution in [3.05, 3.63) is 72.1 Å². The number of rotatable bonds is 3. The van der Waals surface area contributed by atoms with E-state index in [1.165, 1.54) is 0 Å². The summed E-state index contributed by atoms with van der Waals surface area (Å²) in [4.78, 5) is 19.0. The molecular weight excluding hydrogens is 330 g/mol. The van der Waals surface area contributed by atoms with Gasteiger partial charge in [0.1, 0.15) is 18.8 Å². The fraction of sp³-hybridized carbons (Fsp3) is 0.263. The molecule has 26 heavy (non-hydrogen) atoms. The topological polar surface area (TPSA) is 73.1 Å². The molecule has 7 nitrogen and oxygen atoms in total. The molecule has 1 aliphatic rings. The Hall–Kier alpha value is -3.06. The molecule has 7 heteroatoms. The molecule has 3 aromatic rings. The molecule has 3 heterocycles. The molecular formula is C19H19N5O2. The summed E-state index contributed by atoms with van der Waals surface area (Å²) in [7, 11) is 0. The molecule has 0 aliphatic carbocycles. The largest absolute Gasteiger partial charge is 0.370 e. The predicted molar refractivity (Wildman–Crippen MR) is 94.9 cm³/mol. The predicted octanol–water partition coefficient (Wildman–Crippen LogP) is 2.18. The van der Waals surface area contributed by atoms with Crippen LogP contribution in [0.25, 0.3) is 5.69 Å². The number of aromatic nitrogens is 4. The minimum atomic E-state index is -0.129. The summed E-state index contributed by atoms with van der Waals surface area (Å²) in [5.74, 6) is -0.000924. The van der Waals surface area contributed by atoms with E-state index in [9.17, 15) is 4.79 Å². The number of carbonyl (C=O) groups is 1. The number of amides is 1. The molecule has 0 N–H and O–H groups in total. The van der Waals surface area contributed by atoms with Gasteiger partial charge in [-0.05, 0) is 42.8 Å². The van der Waals surface area contributed by atoms with Gasteiger partial charge in [-0.15, -0.1) is 10.2 Å². The highest BCUT2D eigenvalue weighted by molar-refractivity contribution is 5.94. The smallest absolute Gasteiger partial charge is 0.254 e. The van der Waals surface area contributed by atoms with Crippen LogP contribution < -0.4 is 0 Å². The Morgan fingerprint density at radius 1 is 1.19 bits per heavy atom. The first kappa shape index (κ1) is 16.4. The SMILES string of the molecule is Cc1cc([C@@H]2CN(C(=O)c3cccc(-n4cnnc4)c3)CCO2)ccn1. The molecule has 1 fully saturated rings. The lowest BCUT2D eigenvalue weighted by molar-refractivity contribution is -0.0228. The minimum Gasteiger partial charge on any atom is -0.370 e. The average molecular weight is 349 g/mol. The van der Waals surface area contributed by atoms with Crippen LogP contribution in [-0.4, -0.2) is 50.3 Å². The maximum atomic E-state index is 13.0. The van der Waals surface area contributed by atoms with Crippen LogP contribution in [-0.2, 0) is 4.74 Å². The van der Waals surface area contributed by atoms with Crippen LogP contribution in [0.5, 0.6) is 0 Å². The van der Waals surface area contributed by atoms with Gasteiger partial charge in [-0.2, -0.15) is 0 Å². The number of hydrogen-bond acceptors (Lipinski definition) is 5. The number of aryl methyl sites for hydroxylation is 1. The summed E-state index contributed by atoms with van der Waals surface area (Å²) in [6.45, 7) is 3.57. The number of benzene rings is 1. The second-order valence-corrected chi connectivity index (χ2v) is 6.26. The van der Waals surface area contributed by atoms with Crippen LogP contribution in [0.2, 0.25) is 0 Å². The molecule has 2 aromatic heterocycles. The van der Waals surface area contributed by atoms with E-state index in [1.807, 2.05) is 48.2 Å².